The molecule has 16 heavy (non-hydrogen) atoms. The first-order chi connectivity index (χ1) is 7.65. The fourth-order valence-corrected chi connectivity index (χ4v) is 4.45. The van der Waals surface area contributed by atoms with Crippen molar-refractivity contribution in [1.82, 2.24) is 0 Å². The third-order valence-corrected chi connectivity index (χ3v) is 5.75. The molecule has 0 radical (unpaired) electrons. The summed E-state index contributed by atoms with van der Waals surface area (Å²) in [4.78, 5) is 1.29. The van der Waals surface area contributed by atoms with Gasteiger partial charge in [-0.2, -0.15) is 0 Å². The molecule has 0 aliphatic heterocycles. The second-order valence-corrected chi connectivity index (χ2v) is 6.68. The van der Waals surface area contributed by atoms with Crippen LogP contribution in [0.3, 0.4) is 0 Å². The first-order valence-corrected chi connectivity index (χ1v) is 7.77. The minimum absolute atomic E-state index is 0.458. The van der Waals surface area contributed by atoms with Crippen molar-refractivity contribution in [1.29, 1.82) is 0 Å². The number of halogens is 1. The molecule has 1 heterocycles. The lowest BCUT2D eigenvalue weighted by Gasteiger charge is -2.39. The fourth-order valence-electron chi connectivity index (χ4n) is 2.84. The molecule has 90 valence electrons. The highest BCUT2D eigenvalue weighted by molar-refractivity contribution is 9.10. The summed E-state index contributed by atoms with van der Waals surface area (Å²) < 4.78 is 1.16. The highest BCUT2D eigenvalue weighted by atomic mass is 79.9. The summed E-state index contributed by atoms with van der Waals surface area (Å²) in [5.41, 5.74) is -0.458. The van der Waals surface area contributed by atoms with Crippen LogP contribution < -0.4 is 0 Å². The normalized spacial score (nSPS) is 30.6. The van der Waals surface area contributed by atoms with Crippen LogP contribution in [0.5, 0.6) is 0 Å². The van der Waals surface area contributed by atoms with Gasteiger partial charge in [0.2, 0.25) is 0 Å². The van der Waals surface area contributed by atoms with E-state index in [0.717, 1.165) is 23.7 Å². The van der Waals surface area contributed by atoms with Crippen molar-refractivity contribution in [2.75, 3.05) is 0 Å². The lowest BCUT2D eigenvalue weighted by atomic mass is 9.72. The Hall–Kier alpha value is 0.140. The van der Waals surface area contributed by atoms with Gasteiger partial charge in [0.15, 0.2) is 0 Å². The van der Waals surface area contributed by atoms with Gasteiger partial charge in [-0.05, 0) is 46.1 Å². The molecule has 2 atom stereocenters. The van der Waals surface area contributed by atoms with E-state index in [1.807, 2.05) is 0 Å². The maximum atomic E-state index is 10.8. The molecule has 0 saturated heterocycles. The van der Waals surface area contributed by atoms with Gasteiger partial charge >= 0.3 is 0 Å². The molecule has 1 nitrogen and oxygen atoms in total. The predicted octanol–water partition coefficient (Wildman–Crippen LogP) is 4.38. The molecule has 1 aromatic heterocycles. The van der Waals surface area contributed by atoms with Crippen LogP contribution in [0.15, 0.2) is 15.9 Å². The number of aliphatic hydroxyl groups is 1. The van der Waals surface area contributed by atoms with Gasteiger partial charge in [-0.25, -0.2) is 0 Å². The third kappa shape index (κ3) is 2.52. The van der Waals surface area contributed by atoms with Gasteiger partial charge in [0.25, 0.3) is 0 Å². The van der Waals surface area contributed by atoms with Gasteiger partial charge in [-0.15, -0.1) is 11.3 Å². The molecule has 1 aliphatic rings. The highest BCUT2D eigenvalue weighted by Gasteiger charge is 2.38. The Morgan fingerprint density at radius 2 is 2.38 bits per heavy atom. The number of rotatable bonds is 3. The van der Waals surface area contributed by atoms with E-state index >= 15 is 0 Å². The molecule has 1 aliphatic carbocycles. The van der Waals surface area contributed by atoms with Crippen LogP contribution in [0.25, 0.3) is 0 Å². The smallest absolute Gasteiger partial charge is 0.0724 e. The molecule has 1 saturated carbocycles. The molecule has 0 bridgehead atoms. The lowest BCUT2D eigenvalue weighted by Crippen LogP contribution is -2.42. The fraction of sp³-hybridized carbons (Fsp3) is 0.692. The Bertz CT molecular complexity index is 349. The van der Waals surface area contributed by atoms with Crippen molar-refractivity contribution in [3.05, 3.63) is 20.8 Å². The molecule has 1 aromatic rings. The van der Waals surface area contributed by atoms with Crippen LogP contribution in [-0.2, 0) is 6.42 Å². The van der Waals surface area contributed by atoms with E-state index in [4.69, 9.17) is 0 Å². The minimum Gasteiger partial charge on any atom is -0.389 e. The maximum absolute atomic E-state index is 10.8. The monoisotopic (exact) mass is 302 g/mol. The summed E-state index contributed by atoms with van der Waals surface area (Å²) in [6.07, 6.45) is 6.54. The largest absolute Gasteiger partial charge is 0.389 e. The molecule has 3 heteroatoms. The first kappa shape index (κ1) is 12.6. The van der Waals surface area contributed by atoms with E-state index < -0.39 is 5.60 Å². The summed E-state index contributed by atoms with van der Waals surface area (Å²) >= 11 is 5.31. The maximum Gasteiger partial charge on any atom is 0.0724 e. The quantitative estimate of drug-likeness (QED) is 0.878. The summed E-state index contributed by atoms with van der Waals surface area (Å²) in [7, 11) is 0. The summed E-state index contributed by atoms with van der Waals surface area (Å²) in [6.45, 7) is 2.20. The summed E-state index contributed by atoms with van der Waals surface area (Å²) in [5, 5.41) is 12.9. The van der Waals surface area contributed by atoms with Crippen LogP contribution in [0.1, 0.15) is 43.9 Å². The van der Waals surface area contributed by atoms with Crippen molar-refractivity contribution in [2.24, 2.45) is 5.92 Å². The van der Waals surface area contributed by atoms with Crippen molar-refractivity contribution in [3.8, 4) is 0 Å². The highest BCUT2D eigenvalue weighted by Crippen LogP contribution is 2.40. The topological polar surface area (TPSA) is 20.2 Å². The minimum atomic E-state index is -0.458. The van der Waals surface area contributed by atoms with Crippen molar-refractivity contribution < 1.29 is 5.11 Å². The van der Waals surface area contributed by atoms with Crippen LogP contribution in [0.4, 0.5) is 0 Å². The Morgan fingerprint density at radius 1 is 1.56 bits per heavy atom. The Labute approximate surface area is 110 Å². The first-order valence-electron chi connectivity index (χ1n) is 6.10. The average Bonchev–Trinajstić information content (AvgIpc) is 2.64. The Morgan fingerprint density at radius 3 is 3.00 bits per heavy atom. The second kappa shape index (κ2) is 5.19. The van der Waals surface area contributed by atoms with Crippen LogP contribution >= 0.6 is 27.3 Å². The van der Waals surface area contributed by atoms with Crippen molar-refractivity contribution in [3.63, 3.8) is 0 Å². The zero-order chi connectivity index (χ0) is 11.6. The van der Waals surface area contributed by atoms with E-state index in [-0.39, 0.29) is 0 Å². The Balaban J connectivity index is 2.14. The second-order valence-electron chi connectivity index (χ2n) is 4.82. The summed E-state index contributed by atoms with van der Waals surface area (Å²) in [5.74, 6) is 0.482. The van der Waals surface area contributed by atoms with Gasteiger partial charge in [-0.3, -0.25) is 0 Å². The lowest BCUT2D eigenvalue weighted by molar-refractivity contribution is -0.0486. The molecular formula is C13H19BrOS. The van der Waals surface area contributed by atoms with Gasteiger partial charge in [0.05, 0.1) is 5.60 Å². The zero-order valence-corrected chi connectivity index (χ0v) is 12.1. The molecule has 0 spiro atoms. The van der Waals surface area contributed by atoms with Crippen molar-refractivity contribution >= 4 is 27.3 Å². The number of hydrogen-bond donors (Lipinski definition) is 1. The van der Waals surface area contributed by atoms with E-state index in [0.29, 0.717) is 5.92 Å². The molecule has 1 N–H and O–H groups in total. The number of hydrogen-bond acceptors (Lipinski definition) is 2. The predicted molar refractivity (Wildman–Crippen MR) is 72.9 cm³/mol. The van der Waals surface area contributed by atoms with Crippen molar-refractivity contribution in [2.45, 2.75) is 51.0 Å². The average molecular weight is 303 g/mol. The number of thiophene rings is 1. The third-order valence-electron chi connectivity index (χ3n) is 3.82. The zero-order valence-electron chi connectivity index (χ0n) is 9.71. The van der Waals surface area contributed by atoms with E-state index in [1.165, 1.54) is 24.1 Å². The van der Waals surface area contributed by atoms with Gasteiger partial charge in [-0.1, -0.05) is 26.2 Å². The molecule has 2 unspecified atom stereocenters. The molecule has 0 amide bonds. The van der Waals surface area contributed by atoms with Crippen LogP contribution in [0.2, 0.25) is 0 Å². The molecule has 1 fully saturated rings. The van der Waals surface area contributed by atoms with Crippen LogP contribution in [-0.4, -0.2) is 10.7 Å². The van der Waals surface area contributed by atoms with Gasteiger partial charge in [0, 0.05) is 15.8 Å². The SMILES string of the molecule is CCC1CCCCC1(O)Cc1sccc1Br. The van der Waals surface area contributed by atoms with Crippen LogP contribution in [0, 0.1) is 5.92 Å². The Kier molecular flexibility index (Phi) is 4.09. The van der Waals surface area contributed by atoms with Gasteiger partial charge in [0.1, 0.15) is 0 Å². The standard InChI is InChI=1S/C13H19BrOS/c1-2-10-5-3-4-7-13(10,15)9-12-11(14)6-8-16-12/h6,8,10,15H,2-5,7,9H2,1H3. The van der Waals surface area contributed by atoms with Gasteiger partial charge < -0.3 is 5.11 Å². The summed E-state index contributed by atoms with van der Waals surface area (Å²) in [6, 6.07) is 2.08. The molecule has 0 aromatic carbocycles. The van der Waals surface area contributed by atoms with E-state index in [9.17, 15) is 5.11 Å². The molecule has 2 rings (SSSR count). The van der Waals surface area contributed by atoms with E-state index in [2.05, 4.69) is 34.3 Å². The molecular weight excluding hydrogens is 284 g/mol. The van der Waals surface area contributed by atoms with E-state index in [1.54, 1.807) is 11.3 Å².